The van der Waals surface area contributed by atoms with Gasteiger partial charge in [-0.3, -0.25) is 4.79 Å². The maximum atomic E-state index is 11.9. The van der Waals surface area contributed by atoms with Gasteiger partial charge in [0.2, 0.25) is 10.0 Å². The molecule has 128 valence electrons. The number of hydrogen-bond acceptors (Lipinski definition) is 5. The number of anilines is 1. The minimum atomic E-state index is -3.99. The number of benzene rings is 2. The summed E-state index contributed by atoms with van der Waals surface area (Å²) in [6.45, 7) is -0.291. The fourth-order valence-electron chi connectivity index (χ4n) is 1.88. The molecule has 2 rings (SSSR count). The van der Waals surface area contributed by atoms with Gasteiger partial charge in [-0.05, 0) is 30.3 Å². The van der Waals surface area contributed by atoms with Gasteiger partial charge in [-0.1, -0.05) is 23.7 Å². The SMILES string of the molecule is COc1ccc(NC(=O)COc2ccccc2Cl)cc1S(N)(=O)=O. The summed E-state index contributed by atoms with van der Waals surface area (Å²) in [5.41, 5.74) is 0.243. The van der Waals surface area contributed by atoms with Gasteiger partial charge in [-0.2, -0.15) is 0 Å². The molecule has 24 heavy (non-hydrogen) atoms. The molecule has 9 heteroatoms. The summed E-state index contributed by atoms with van der Waals surface area (Å²) < 4.78 is 33.3. The Labute approximate surface area is 144 Å². The second-order valence-corrected chi connectivity index (χ2v) is 6.61. The third-order valence-electron chi connectivity index (χ3n) is 2.95. The van der Waals surface area contributed by atoms with E-state index in [0.717, 1.165) is 0 Å². The van der Waals surface area contributed by atoms with E-state index in [2.05, 4.69) is 5.32 Å². The largest absolute Gasteiger partial charge is 0.495 e. The van der Waals surface area contributed by atoms with Gasteiger partial charge in [0.1, 0.15) is 16.4 Å². The monoisotopic (exact) mass is 370 g/mol. The van der Waals surface area contributed by atoms with Gasteiger partial charge in [-0.15, -0.1) is 0 Å². The van der Waals surface area contributed by atoms with Crippen molar-refractivity contribution in [3.05, 3.63) is 47.5 Å². The lowest BCUT2D eigenvalue weighted by Gasteiger charge is -2.11. The fourth-order valence-corrected chi connectivity index (χ4v) is 2.79. The van der Waals surface area contributed by atoms with E-state index < -0.39 is 15.9 Å². The van der Waals surface area contributed by atoms with E-state index in [1.54, 1.807) is 24.3 Å². The van der Waals surface area contributed by atoms with E-state index >= 15 is 0 Å². The molecule has 3 N–H and O–H groups in total. The lowest BCUT2D eigenvalue weighted by Crippen LogP contribution is -2.21. The molecule has 0 fully saturated rings. The van der Waals surface area contributed by atoms with Crippen LogP contribution in [0, 0.1) is 0 Å². The molecule has 0 heterocycles. The molecule has 0 aliphatic rings. The van der Waals surface area contributed by atoms with Crippen molar-refractivity contribution < 1.29 is 22.7 Å². The lowest BCUT2D eigenvalue weighted by molar-refractivity contribution is -0.118. The second-order valence-electron chi connectivity index (χ2n) is 4.68. The number of para-hydroxylation sites is 1. The van der Waals surface area contributed by atoms with Gasteiger partial charge in [0, 0.05) is 5.69 Å². The van der Waals surface area contributed by atoms with Crippen LogP contribution in [0.2, 0.25) is 5.02 Å². The number of methoxy groups -OCH3 is 1. The number of ether oxygens (including phenoxy) is 2. The summed E-state index contributed by atoms with van der Waals surface area (Å²) in [7, 11) is -2.67. The first-order valence-electron chi connectivity index (χ1n) is 6.69. The molecule has 0 aliphatic carbocycles. The molecule has 7 nitrogen and oxygen atoms in total. The number of carbonyl (C=O) groups excluding carboxylic acids is 1. The highest BCUT2D eigenvalue weighted by molar-refractivity contribution is 7.89. The average Bonchev–Trinajstić information content (AvgIpc) is 2.53. The van der Waals surface area contributed by atoms with Gasteiger partial charge >= 0.3 is 0 Å². The Morgan fingerprint density at radius 2 is 1.92 bits per heavy atom. The van der Waals surface area contributed by atoms with Crippen molar-refractivity contribution in [1.82, 2.24) is 0 Å². The van der Waals surface area contributed by atoms with Crippen LogP contribution in [0.3, 0.4) is 0 Å². The molecule has 0 saturated carbocycles. The third kappa shape index (κ3) is 4.60. The van der Waals surface area contributed by atoms with Crippen molar-refractivity contribution >= 4 is 33.2 Å². The van der Waals surface area contributed by atoms with Crippen molar-refractivity contribution in [2.75, 3.05) is 19.0 Å². The van der Waals surface area contributed by atoms with Crippen LogP contribution in [0.1, 0.15) is 0 Å². The topological polar surface area (TPSA) is 108 Å². The van der Waals surface area contributed by atoms with E-state index in [1.807, 2.05) is 0 Å². The normalized spacial score (nSPS) is 11.0. The summed E-state index contributed by atoms with van der Waals surface area (Å²) in [6, 6.07) is 10.8. The van der Waals surface area contributed by atoms with Crippen LogP contribution >= 0.6 is 11.6 Å². The predicted molar refractivity (Wildman–Crippen MR) is 89.9 cm³/mol. The zero-order valence-electron chi connectivity index (χ0n) is 12.7. The number of halogens is 1. The maximum absolute atomic E-state index is 11.9. The first-order valence-corrected chi connectivity index (χ1v) is 8.61. The Morgan fingerprint density at radius 3 is 2.54 bits per heavy atom. The number of hydrogen-bond donors (Lipinski definition) is 2. The zero-order chi connectivity index (χ0) is 17.7. The van der Waals surface area contributed by atoms with Crippen LogP contribution in [-0.2, 0) is 14.8 Å². The highest BCUT2D eigenvalue weighted by atomic mass is 35.5. The minimum absolute atomic E-state index is 0.0859. The fraction of sp³-hybridized carbons (Fsp3) is 0.133. The molecular formula is C15H15ClN2O5S. The molecule has 0 saturated heterocycles. The Morgan fingerprint density at radius 1 is 1.21 bits per heavy atom. The first kappa shape index (κ1) is 18.1. The summed E-state index contributed by atoms with van der Waals surface area (Å²) in [6.07, 6.45) is 0. The van der Waals surface area contributed by atoms with Gasteiger partial charge in [0.25, 0.3) is 5.91 Å². The van der Waals surface area contributed by atoms with Crippen LogP contribution in [0.4, 0.5) is 5.69 Å². The Kier molecular flexibility index (Phi) is 5.66. The smallest absolute Gasteiger partial charge is 0.262 e. The van der Waals surface area contributed by atoms with Gasteiger partial charge < -0.3 is 14.8 Å². The molecule has 2 aromatic carbocycles. The first-order chi connectivity index (χ1) is 11.3. The Bertz CT molecular complexity index is 855. The van der Waals surface area contributed by atoms with Gasteiger partial charge in [0.15, 0.2) is 6.61 Å². The summed E-state index contributed by atoms with van der Waals surface area (Å²) >= 11 is 5.92. The van der Waals surface area contributed by atoms with Crippen LogP contribution in [0.5, 0.6) is 11.5 Å². The van der Waals surface area contributed by atoms with Crippen LogP contribution in [-0.4, -0.2) is 28.0 Å². The molecule has 0 unspecified atom stereocenters. The van der Waals surface area contributed by atoms with E-state index in [9.17, 15) is 13.2 Å². The standard InChI is InChI=1S/C15H15ClN2O5S/c1-22-13-7-6-10(8-14(13)24(17,20)21)18-15(19)9-23-12-5-3-2-4-11(12)16/h2-8H,9H2,1H3,(H,18,19)(H2,17,20,21). The molecule has 0 radical (unpaired) electrons. The molecule has 0 aromatic heterocycles. The van der Waals surface area contributed by atoms with Crippen molar-refractivity contribution in [3.8, 4) is 11.5 Å². The van der Waals surface area contributed by atoms with Crippen molar-refractivity contribution in [1.29, 1.82) is 0 Å². The zero-order valence-corrected chi connectivity index (χ0v) is 14.2. The number of primary sulfonamides is 1. The van der Waals surface area contributed by atoms with Crippen LogP contribution in [0.25, 0.3) is 0 Å². The summed E-state index contributed by atoms with van der Waals surface area (Å²) in [5.74, 6) is -0.0301. The Balaban J connectivity index is 2.08. The highest BCUT2D eigenvalue weighted by Gasteiger charge is 2.16. The number of rotatable bonds is 6. The molecule has 0 bridgehead atoms. The highest BCUT2D eigenvalue weighted by Crippen LogP contribution is 2.26. The summed E-state index contributed by atoms with van der Waals surface area (Å²) in [5, 5.41) is 8.02. The number of amides is 1. The molecule has 2 aromatic rings. The minimum Gasteiger partial charge on any atom is -0.495 e. The number of carbonyl (C=O) groups is 1. The third-order valence-corrected chi connectivity index (χ3v) is 4.19. The second kappa shape index (κ2) is 7.52. The van der Waals surface area contributed by atoms with Gasteiger partial charge in [-0.25, -0.2) is 13.6 Å². The maximum Gasteiger partial charge on any atom is 0.262 e. The molecule has 0 spiro atoms. The summed E-state index contributed by atoms with van der Waals surface area (Å²) in [4.78, 5) is 11.7. The predicted octanol–water partition coefficient (Wildman–Crippen LogP) is 2.01. The Hall–Kier alpha value is -2.29. The molecule has 0 atom stereocenters. The van der Waals surface area contributed by atoms with Crippen LogP contribution in [0.15, 0.2) is 47.4 Å². The number of sulfonamides is 1. The number of nitrogens with one attached hydrogen (secondary N) is 1. The van der Waals surface area contributed by atoms with E-state index in [4.69, 9.17) is 26.2 Å². The van der Waals surface area contributed by atoms with Crippen LogP contribution < -0.4 is 19.9 Å². The quantitative estimate of drug-likeness (QED) is 0.808. The van der Waals surface area contributed by atoms with E-state index in [-0.39, 0.29) is 22.9 Å². The van der Waals surface area contributed by atoms with Crippen molar-refractivity contribution in [3.63, 3.8) is 0 Å². The number of nitrogens with two attached hydrogens (primary N) is 1. The van der Waals surface area contributed by atoms with E-state index in [0.29, 0.717) is 10.8 Å². The molecule has 1 amide bonds. The lowest BCUT2D eigenvalue weighted by atomic mass is 10.3. The van der Waals surface area contributed by atoms with Crippen molar-refractivity contribution in [2.24, 2.45) is 5.14 Å². The van der Waals surface area contributed by atoms with Crippen molar-refractivity contribution in [2.45, 2.75) is 4.90 Å². The molecule has 0 aliphatic heterocycles. The molecular weight excluding hydrogens is 356 g/mol. The van der Waals surface area contributed by atoms with E-state index in [1.165, 1.54) is 25.3 Å². The average molecular weight is 371 g/mol. The van der Waals surface area contributed by atoms with Gasteiger partial charge in [0.05, 0.1) is 12.1 Å².